The van der Waals surface area contributed by atoms with E-state index in [9.17, 15) is 14.2 Å². The van der Waals surface area contributed by atoms with E-state index >= 15 is 0 Å². The van der Waals surface area contributed by atoms with Gasteiger partial charge in [-0.2, -0.15) is 0 Å². The van der Waals surface area contributed by atoms with Crippen LogP contribution in [0.2, 0.25) is 0 Å². The van der Waals surface area contributed by atoms with Gasteiger partial charge in [0.1, 0.15) is 18.8 Å². The standard InChI is InChI=1S/C23H29N2O7P/c1-24(2)33(28,25(3)4)32-21-15-19(31-23(27)18-13-9-6-10-14-18)20(30-21)16-29-22(26)17-11-7-5-8-12-17/h5-14,19-21H,15-16H2,1-4H3/t19-,20+,21-/m0/s1. The summed E-state index contributed by atoms with van der Waals surface area (Å²) in [6.45, 7) is -0.158. The average Bonchev–Trinajstić information content (AvgIpc) is 3.18. The molecule has 0 aromatic heterocycles. The lowest BCUT2D eigenvalue weighted by Gasteiger charge is -2.31. The summed E-state index contributed by atoms with van der Waals surface area (Å²) in [5, 5.41) is 0. The second-order valence-corrected chi connectivity index (χ2v) is 10.7. The Bertz CT molecular complexity index is 973. The van der Waals surface area contributed by atoms with E-state index in [0.717, 1.165) is 0 Å². The van der Waals surface area contributed by atoms with Crippen molar-refractivity contribution in [3.63, 3.8) is 0 Å². The normalized spacial score (nSPS) is 20.7. The highest BCUT2D eigenvalue weighted by molar-refractivity contribution is 7.53. The first-order chi connectivity index (χ1) is 15.7. The van der Waals surface area contributed by atoms with Crippen LogP contribution in [0, 0.1) is 0 Å². The summed E-state index contributed by atoms with van der Waals surface area (Å²) >= 11 is 0. The van der Waals surface area contributed by atoms with Crippen molar-refractivity contribution in [2.75, 3.05) is 34.8 Å². The molecular weight excluding hydrogens is 447 g/mol. The van der Waals surface area contributed by atoms with Gasteiger partial charge < -0.3 is 14.2 Å². The van der Waals surface area contributed by atoms with E-state index < -0.39 is 38.1 Å². The summed E-state index contributed by atoms with van der Waals surface area (Å²) in [4.78, 5) is 25.0. The lowest BCUT2D eigenvalue weighted by Crippen LogP contribution is -2.32. The Hall–Kier alpha value is -2.55. The number of esters is 2. The maximum Gasteiger partial charge on any atom is 0.347 e. The molecule has 0 N–H and O–H groups in total. The van der Waals surface area contributed by atoms with Gasteiger partial charge in [-0.05, 0) is 52.5 Å². The van der Waals surface area contributed by atoms with Crippen LogP contribution in [0.3, 0.4) is 0 Å². The van der Waals surface area contributed by atoms with Crippen LogP contribution in [0.1, 0.15) is 27.1 Å². The van der Waals surface area contributed by atoms with Crippen molar-refractivity contribution in [1.82, 2.24) is 9.34 Å². The van der Waals surface area contributed by atoms with Crippen molar-refractivity contribution in [1.29, 1.82) is 0 Å². The Morgan fingerprint density at radius 2 is 1.42 bits per heavy atom. The van der Waals surface area contributed by atoms with Crippen LogP contribution < -0.4 is 0 Å². The first-order valence-electron chi connectivity index (χ1n) is 10.5. The number of benzene rings is 2. The predicted molar refractivity (Wildman–Crippen MR) is 122 cm³/mol. The van der Waals surface area contributed by atoms with E-state index in [4.69, 9.17) is 18.7 Å². The molecule has 0 unspecified atom stereocenters. The number of carbonyl (C=O) groups is 2. The van der Waals surface area contributed by atoms with E-state index in [2.05, 4.69) is 0 Å². The topological polar surface area (TPSA) is 94.6 Å². The molecule has 0 spiro atoms. The number of hydrogen-bond acceptors (Lipinski definition) is 7. The quantitative estimate of drug-likeness (QED) is 0.398. The molecule has 3 rings (SSSR count). The minimum absolute atomic E-state index is 0.137. The van der Waals surface area contributed by atoms with Gasteiger partial charge >= 0.3 is 19.6 Å². The average molecular weight is 476 g/mol. The summed E-state index contributed by atoms with van der Waals surface area (Å²) in [5.41, 5.74) is 0.778. The minimum atomic E-state index is -3.35. The van der Waals surface area contributed by atoms with Gasteiger partial charge in [-0.25, -0.2) is 18.9 Å². The lowest BCUT2D eigenvalue weighted by molar-refractivity contribution is -0.101. The predicted octanol–water partition coefficient (Wildman–Crippen LogP) is 3.43. The molecule has 0 amide bonds. The monoisotopic (exact) mass is 476 g/mol. The molecule has 178 valence electrons. The van der Waals surface area contributed by atoms with E-state index in [1.54, 1.807) is 88.9 Å². The summed E-state index contributed by atoms with van der Waals surface area (Å²) in [7, 11) is 3.21. The first kappa shape index (κ1) is 25.1. The van der Waals surface area contributed by atoms with Gasteiger partial charge in [-0.3, -0.25) is 9.09 Å². The van der Waals surface area contributed by atoms with Crippen LogP contribution in [0.4, 0.5) is 0 Å². The molecular formula is C23H29N2O7P. The maximum atomic E-state index is 13.2. The molecule has 1 heterocycles. The zero-order chi connectivity index (χ0) is 24.0. The zero-order valence-electron chi connectivity index (χ0n) is 19.1. The Labute approximate surface area is 193 Å². The van der Waals surface area contributed by atoms with Crippen molar-refractivity contribution < 1.29 is 32.9 Å². The lowest BCUT2D eigenvalue weighted by atomic mass is 10.1. The van der Waals surface area contributed by atoms with E-state index in [-0.39, 0.29) is 13.0 Å². The molecule has 9 nitrogen and oxygen atoms in total. The molecule has 1 aliphatic heterocycles. The third-order valence-electron chi connectivity index (χ3n) is 5.09. The summed E-state index contributed by atoms with van der Waals surface area (Å²) in [5.74, 6) is -1.06. The molecule has 0 saturated carbocycles. The fraction of sp³-hybridized carbons (Fsp3) is 0.391. The van der Waals surface area contributed by atoms with Crippen molar-refractivity contribution in [2.45, 2.75) is 24.9 Å². The van der Waals surface area contributed by atoms with Crippen molar-refractivity contribution in [2.24, 2.45) is 0 Å². The number of nitrogens with zero attached hydrogens (tertiary/aromatic N) is 2. The smallest absolute Gasteiger partial charge is 0.347 e. The third kappa shape index (κ3) is 6.28. The Kier molecular flexibility index (Phi) is 8.40. The largest absolute Gasteiger partial charge is 0.459 e. The molecule has 33 heavy (non-hydrogen) atoms. The first-order valence-corrected chi connectivity index (χ1v) is 12.0. The van der Waals surface area contributed by atoms with Crippen LogP contribution in [0.15, 0.2) is 60.7 Å². The van der Waals surface area contributed by atoms with Crippen molar-refractivity contribution in [3.05, 3.63) is 71.8 Å². The Morgan fingerprint density at radius 3 is 1.94 bits per heavy atom. The Balaban J connectivity index is 1.72. The van der Waals surface area contributed by atoms with E-state index in [1.807, 2.05) is 0 Å². The molecule has 10 heteroatoms. The minimum Gasteiger partial charge on any atom is -0.459 e. The number of ether oxygens (including phenoxy) is 3. The van der Waals surface area contributed by atoms with Gasteiger partial charge in [0.05, 0.1) is 11.1 Å². The zero-order valence-corrected chi connectivity index (χ0v) is 20.0. The molecule has 0 radical (unpaired) electrons. The van der Waals surface area contributed by atoms with Gasteiger partial charge in [-0.15, -0.1) is 0 Å². The highest BCUT2D eigenvalue weighted by atomic mass is 31.2. The highest BCUT2D eigenvalue weighted by Gasteiger charge is 2.44. The molecule has 1 fully saturated rings. The van der Waals surface area contributed by atoms with Crippen molar-refractivity contribution in [3.8, 4) is 0 Å². The number of rotatable bonds is 9. The number of carbonyl (C=O) groups excluding carboxylic acids is 2. The van der Waals surface area contributed by atoms with Gasteiger partial charge in [0.15, 0.2) is 6.29 Å². The van der Waals surface area contributed by atoms with Crippen molar-refractivity contribution >= 4 is 19.6 Å². The fourth-order valence-corrected chi connectivity index (χ4v) is 4.85. The van der Waals surface area contributed by atoms with Crippen LogP contribution in [-0.2, 0) is 23.3 Å². The van der Waals surface area contributed by atoms with E-state index in [0.29, 0.717) is 11.1 Å². The second kappa shape index (κ2) is 11.0. The van der Waals surface area contributed by atoms with Gasteiger partial charge in [0, 0.05) is 6.42 Å². The van der Waals surface area contributed by atoms with Gasteiger partial charge in [-0.1, -0.05) is 36.4 Å². The maximum absolute atomic E-state index is 13.2. The van der Waals surface area contributed by atoms with Crippen LogP contribution in [-0.4, -0.2) is 74.6 Å². The highest BCUT2D eigenvalue weighted by Crippen LogP contribution is 2.53. The molecule has 0 bridgehead atoms. The summed E-state index contributed by atoms with van der Waals surface area (Å²) in [6.07, 6.45) is -2.33. The SMILES string of the molecule is CN(C)P(=O)(O[C@H]1C[C@H](OC(=O)c2ccccc2)[C@@H](COC(=O)c2ccccc2)O1)N(C)C. The molecule has 1 saturated heterocycles. The fourth-order valence-electron chi connectivity index (χ4n) is 3.31. The molecule has 3 atom stereocenters. The number of hydrogen-bond donors (Lipinski definition) is 0. The molecule has 2 aromatic carbocycles. The van der Waals surface area contributed by atoms with Gasteiger partial charge in [0.2, 0.25) is 0 Å². The summed E-state index contributed by atoms with van der Waals surface area (Å²) in [6, 6.07) is 17.1. The third-order valence-corrected chi connectivity index (χ3v) is 7.62. The van der Waals surface area contributed by atoms with Gasteiger partial charge in [0.25, 0.3) is 0 Å². The second-order valence-electron chi connectivity index (χ2n) is 7.90. The van der Waals surface area contributed by atoms with Crippen LogP contribution >= 0.6 is 7.67 Å². The molecule has 1 aliphatic rings. The van der Waals surface area contributed by atoms with Crippen LogP contribution in [0.5, 0.6) is 0 Å². The van der Waals surface area contributed by atoms with Crippen LogP contribution in [0.25, 0.3) is 0 Å². The molecule has 2 aromatic rings. The Morgan fingerprint density at radius 1 is 0.909 bits per heavy atom. The summed E-state index contributed by atoms with van der Waals surface area (Å²) < 4.78 is 39.0. The van der Waals surface area contributed by atoms with E-state index in [1.165, 1.54) is 9.34 Å². The molecule has 0 aliphatic carbocycles.